The fourth-order valence-corrected chi connectivity index (χ4v) is 1.93. The average Bonchev–Trinajstić information content (AvgIpc) is 2.37. The summed E-state index contributed by atoms with van der Waals surface area (Å²) < 4.78 is 18.7. The molecule has 1 aromatic heterocycles. The van der Waals surface area contributed by atoms with Crippen LogP contribution in [-0.4, -0.2) is 4.98 Å². The second kappa shape index (κ2) is 5.49. The molecule has 0 saturated carbocycles. The second-order valence-corrected chi connectivity index (χ2v) is 4.35. The van der Waals surface area contributed by atoms with Gasteiger partial charge in [0.05, 0.1) is 17.8 Å². The lowest BCUT2D eigenvalue weighted by Crippen LogP contribution is -2.00. The van der Waals surface area contributed by atoms with Crippen molar-refractivity contribution in [3.05, 3.63) is 58.7 Å². The summed E-state index contributed by atoms with van der Waals surface area (Å²) in [6.45, 7) is 4.01. The monoisotopic (exact) mass is 256 g/mol. The Balaban J connectivity index is 2.18. The van der Waals surface area contributed by atoms with Crippen LogP contribution in [0.2, 0.25) is 0 Å². The van der Waals surface area contributed by atoms with Crippen molar-refractivity contribution in [2.24, 2.45) is 0 Å². The van der Waals surface area contributed by atoms with Gasteiger partial charge in [-0.15, -0.1) is 0 Å². The van der Waals surface area contributed by atoms with Crippen LogP contribution in [0.5, 0.6) is 5.75 Å². The van der Waals surface area contributed by atoms with Crippen LogP contribution in [-0.2, 0) is 6.61 Å². The predicted molar refractivity (Wildman–Crippen MR) is 69.2 cm³/mol. The molecule has 0 radical (unpaired) electrons. The summed E-state index contributed by atoms with van der Waals surface area (Å²) in [7, 11) is 0. The summed E-state index contributed by atoms with van der Waals surface area (Å²) in [4.78, 5) is 3.77. The molecule has 0 bridgehead atoms. The molecule has 0 atom stereocenters. The zero-order valence-electron chi connectivity index (χ0n) is 10.8. The van der Waals surface area contributed by atoms with Gasteiger partial charge < -0.3 is 4.74 Å². The Labute approximate surface area is 111 Å². The van der Waals surface area contributed by atoms with Crippen molar-refractivity contribution < 1.29 is 9.13 Å². The minimum atomic E-state index is -0.380. The normalized spacial score (nSPS) is 10.0. The van der Waals surface area contributed by atoms with Crippen LogP contribution >= 0.6 is 0 Å². The largest absolute Gasteiger partial charge is 0.488 e. The summed E-state index contributed by atoms with van der Waals surface area (Å²) in [5.41, 5.74) is 3.06. The van der Waals surface area contributed by atoms with E-state index in [2.05, 4.69) is 11.1 Å². The van der Waals surface area contributed by atoms with Gasteiger partial charge in [-0.05, 0) is 43.2 Å². The van der Waals surface area contributed by atoms with Crippen LogP contribution in [0.3, 0.4) is 0 Å². The van der Waals surface area contributed by atoms with E-state index in [4.69, 9.17) is 10.00 Å². The van der Waals surface area contributed by atoms with Crippen LogP contribution in [0.1, 0.15) is 22.3 Å². The first-order valence-electron chi connectivity index (χ1n) is 5.83. The van der Waals surface area contributed by atoms with Crippen LogP contribution in [0.15, 0.2) is 30.6 Å². The van der Waals surface area contributed by atoms with Crippen molar-refractivity contribution in [3.8, 4) is 11.8 Å². The number of benzene rings is 1. The fraction of sp³-hybridized carbons (Fsp3) is 0.200. The molecule has 2 rings (SSSR count). The van der Waals surface area contributed by atoms with Gasteiger partial charge in [-0.2, -0.15) is 5.26 Å². The Morgan fingerprint density at radius 1 is 1.21 bits per heavy atom. The minimum absolute atomic E-state index is 0.248. The first kappa shape index (κ1) is 13.0. The molecule has 0 saturated heterocycles. The smallest absolute Gasteiger partial charge is 0.141 e. The molecular weight excluding hydrogens is 243 g/mol. The van der Waals surface area contributed by atoms with E-state index in [0.29, 0.717) is 11.1 Å². The standard InChI is InChI=1S/C15H13FN2O/c1-10-3-12(6-17)4-11(2)15(10)19-9-13-5-14(16)8-18-7-13/h3-5,7-8H,9H2,1-2H3. The Bertz CT molecular complexity index is 624. The maximum absolute atomic E-state index is 13.0. The quantitative estimate of drug-likeness (QED) is 0.846. The van der Waals surface area contributed by atoms with E-state index in [1.54, 1.807) is 18.3 Å². The molecule has 0 unspecified atom stereocenters. The zero-order valence-corrected chi connectivity index (χ0v) is 10.8. The first-order valence-corrected chi connectivity index (χ1v) is 5.83. The van der Waals surface area contributed by atoms with E-state index < -0.39 is 0 Å². The molecule has 0 amide bonds. The molecule has 0 aliphatic heterocycles. The van der Waals surface area contributed by atoms with Crippen LogP contribution in [0.25, 0.3) is 0 Å². The third-order valence-electron chi connectivity index (χ3n) is 2.73. The van der Waals surface area contributed by atoms with E-state index in [1.165, 1.54) is 6.07 Å². The maximum Gasteiger partial charge on any atom is 0.141 e. The van der Waals surface area contributed by atoms with Crippen molar-refractivity contribution in [1.82, 2.24) is 4.98 Å². The van der Waals surface area contributed by atoms with E-state index in [9.17, 15) is 4.39 Å². The topological polar surface area (TPSA) is 45.9 Å². The first-order chi connectivity index (χ1) is 9.10. The number of ether oxygens (including phenoxy) is 1. The van der Waals surface area contributed by atoms with Crippen molar-refractivity contribution in [2.75, 3.05) is 0 Å². The highest BCUT2D eigenvalue weighted by atomic mass is 19.1. The van der Waals surface area contributed by atoms with Gasteiger partial charge in [-0.25, -0.2) is 4.39 Å². The second-order valence-electron chi connectivity index (χ2n) is 4.35. The molecule has 0 aliphatic carbocycles. The van der Waals surface area contributed by atoms with Gasteiger partial charge in [-0.3, -0.25) is 4.98 Å². The highest BCUT2D eigenvalue weighted by Gasteiger charge is 2.07. The van der Waals surface area contributed by atoms with Gasteiger partial charge in [-0.1, -0.05) is 0 Å². The third kappa shape index (κ3) is 3.08. The molecular formula is C15H13FN2O. The summed E-state index contributed by atoms with van der Waals surface area (Å²) in [5, 5.41) is 8.88. The zero-order chi connectivity index (χ0) is 13.8. The number of rotatable bonds is 3. The Morgan fingerprint density at radius 2 is 1.89 bits per heavy atom. The number of halogens is 1. The molecule has 3 nitrogen and oxygen atoms in total. The molecule has 4 heteroatoms. The Kier molecular flexibility index (Phi) is 3.76. The Hall–Kier alpha value is -2.41. The average molecular weight is 256 g/mol. The lowest BCUT2D eigenvalue weighted by atomic mass is 10.1. The van der Waals surface area contributed by atoms with Gasteiger partial charge in [0.15, 0.2) is 0 Å². The molecule has 0 fully saturated rings. The highest BCUT2D eigenvalue weighted by Crippen LogP contribution is 2.25. The van der Waals surface area contributed by atoms with Crippen LogP contribution in [0.4, 0.5) is 4.39 Å². The molecule has 0 N–H and O–H groups in total. The van der Waals surface area contributed by atoms with Crippen molar-refractivity contribution >= 4 is 0 Å². The molecule has 2 aromatic rings. The SMILES string of the molecule is Cc1cc(C#N)cc(C)c1OCc1cncc(F)c1. The van der Waals surface area contributed by atoms with Crippen molar-refractivity contribution in [1.29, 1.82) is 5.26 Å². The van der Waals surface area contributed by atoms with Gasteiger partial charge in [0.2, 0.25) is 0 Å². The minimum Gasteiger partial charge on any atom is -0.488 e. The van der Waals surface area contributed by atoms with Crippen LogP contribution < -0.4 is 4.74 Å². The van der Waals surface area contributed by atoms with E-state index in [0.717, 1.165) is 23.1 Å². The molecule has 19 heavy (non-hydrogen) atoms. The lowest BCUT2D eigenvalue weighted by Gasteiger charge is -2.12. The van der Waals surface area contributed by atoms with Gasteiger partial charge in [0, 0.05) is 11.8 Å². The highest BCUT2D eigenvalue weighted by molar-refractivity contribution is 5.47. The summed E-state index contributed by atoms with van der Waals surface area (Å²) in [5.74, 6) is 0.345. The van der Waals surface area contributed by atoms with E-state index in [1.807, 2.05) is 13.8 Å². The number of pyridine rings is 1. The third-order valence-corrected chi connectivity index (χ3v) is 2.73. The number of aryl methyl sites for hydroxylation is 2. The molecule has 1 aromatic carbocycles. The molecule has 0 spiro atoms. The van der Waals surface area contributed by atoms with Crippen molar-refractivity contribution in [3.63, 3.8) is 0 Å². The Morgan fingerprint density at radius 3 is 2.47 bits per heavy atom. The predicted octanol–water partition coefficient (Wildman–Crippen LogP) is 3.29. The summed E-state index contributed by atoms with van der Waals surface area (Å²) in [6, 6.07) is 7.03. The molecule has 96 valence electrons. The van der Waals surface area contributed by atoms with Gasteiger partial charge >= 0.3 is 0 Å². The van der Waals surface area contributed by atoms with Crippen LogP contribution in [0, 0.1) is 31.0 Å². The fourth-order valence-electron chi connectivity index (χ4n) is 1.93. The number of aromatic nitrogens is 1. The summed E-state index contributed by atoms with van der Waals surface area (Å²) >= 11 is 0. The van der Waals surface area contributed by atoms with Gasteiger partial charge in [0.1, 0.15) is 18.2 Å². The number of nitriles is 1. The number of hydrogen-bond acceptors (Lipinski definition) is 3. The van der Waals surface area contributed by atoms with Crippen molar-refractivity contribution in [2.45, 2.75) is 20.5 Å². The lowest BCUT2D eigenvalue weighted by molar-refractivity contribution is 0.301. The molecule has 0 aliphatic rings. The maximum atomic E-state index is 13.0. The number of hydrogen-bond donors (Lipinski definition) is 0. The number of nitrogens with zero attached hydrogens (tertiary/aromatic N) is 2. The van der Waals surface area contributed by atoms with Gasteiger partial charge in [0.25, 0.3) is 0 Å². The molecule has 1 heterocycles. The summed E-state index contributed by atoms with van der Waals surface area (Å²) in [6.07, 6.45) is 2.72. The van der Waals surface area contributed by atoms with E-state index >= 15 is 0 Å². The van der Waals surface area contributed by atoms with E-state index in [-0.39, 0.29) is 12.4 Å².